The van der Waals surface area contributed by atoms with Gasteiger partial charge in [0.15, 0.2) is 11.6 Å². The summed E-state index contributed by atoms with van der Waals surface area (Å²) in [5, 5.41) is 0. The molecule has 0 saturated heterocycles. The highest BCUT2D eigenvalue weighted by Crippen LogP contribution is 2.14. The number of halogens is 4. The van der Waals surface area contributed by atoms with E-state index in [1.165, 1.54) is 6.07 Å². The molecule has 1 atom stereocenters. The largest absolute Gasteiger partial charge is 0.322 e. The first-order chi connectivity index (χ1) is 5.65. The van der Waals surface area contributed by atoms with E-state index in [9.17, 15) is 13.2 Å². The summed E-state index contributed by atoms with van der Waals surface area (Å²) in [5.74, 6) is -1.96. The number of rotatable bonds is 2. The maximum atomic E-state index is 12.5. The van der Waals surface area contributed by atoms with Crippen LogP contribution in [0.15, 0.2) is 18.2 Å². The van der Waals surface area contributed by atoms with Crippen LogP contribution in [-0.2, 0) is 0 Å². The van der Waals surface area contributed by atoms with Crippen LogP contribution in [0.25, 0.3) is 0 Å². The molecule has 5 heteroatoms. The Morgan fingerprint density at radius 3 is 2.31 bits per heavy atom. The summed E-state index contributed by atoms with van der Waals surface area (Å²) in [4.78, 5) is 0. The molecule has 0 spiro atoms. The summed E-state index contributed by atoms with van der Waals surface area (Å²) < 4.78 is 36.8. The smallest absolute Gasteiger partial charge is 0.159 e. The van der Waals surface area contributed by atoms with Crippen molar-refractivity contribution < 1.29 is 13.2 Å². The lowest BCUT2D eigenvalue weighted by Crippen LogP contribution is -2.12. The van der Waals surface area contributed by atoms with Crippen molar-refractivity contribution >= 4 is 12.4 Å². The van der Waals surface area contributed by atoms with Crippen LogP contribution in [0.2, 0.25) is 0 Å². The third kappa shape index (κ3) is 2.90. The summed E-state index contributed by atoms with van der Waals surface area (Å²) in [5.41, 5.74) is 5.51. The Hall–Kier alpha value is -0.740. The van der Waals surface area contributed by atoms with Crippen molar-refractivity contribution in [1.82, 2.24) is 0 Å². The van der Waals surface area contributed by atoms with Crippen LogP contribution in [0.4, 0.5) is 13.2 Å². The number of hydrogen-bond acceptors (Lipinski definition) is 1. The second kappa shape index (κ2) is 5.09. The first-order valence-corrected chi connectivity index (χ1v) is 3.41. The number of hydrogen-bond donors (Lipinski definition) is 1. The monoisotopic (exact) mass is 211 g/mol. The lowest BCUT2D eigenvalue weighted by atomic mass is 10.1. The van der Waals surface area contributed by atoms with Gasteiger partial charge in [-0.2, -0.15) is 0 Å². The lowest BCUT2D eigenvalue weighted by molar-refractivity contribution is 0.434. The third-order valence-corrected chi connectivity index (χ3v) is 1.54. The van der Waals surface area contributed by atoms with Gasteiger partial charge in [-0.25, -0.2) is 13.2 Å². The van der Waals surface area contributed by atoms with Gasteiger partial charge in [-0.3, -0.25) is 0 Å². The first-order valence-electron chi connectivity index (χ1n) is 3.41. The molecule has 0 heterocycles. The molecule has 1 rings (SSSR count). The molecule has 0 bridgehead atoms. The van der Waals surface area contributed by atoms with E-state index in [4.69, 9.17) is 5.73 Å². The average molecular weight is 212 g/mol. The Morgan fingerprint density at radius 2 is 1.85 bits per heavy atom. The van der Waals surface area contributed by atoms with Crippen molar-refractivity contribution in [3.8, 4) is 0 Å². The Bertz CT molecular complexity index is 280. The van der Waals surface area contributed by atoms with Gasteiger partial charge in [-0.05, 0) is 17.7 Å². The molecule has 0 unspecified atom stereocenters. The zero-order chi connectivity index (χ0) is 9.14. The Morgan fingerprint density at radius 1 is 1.23 bits per heavy atom. The Kier molecular flexibility index (Phi) is 4.80. The molecule has 0 fully saturated rings. The Balaban J connectivity index is 0.00000144. The van der Waals surface area contributed by atoms with Gasteiger partial charge in [-0.15, -0.1) is 12.4 Å². The second-order valence-electron chi connectivity index (χ2n) is 2.43. The fourth-order valence-electron chi connectivity index (χ4n) is 0.832. The molecule has 1 aromatic carbocycles. The normalized spacial score (nSPS) is 12.0. The van der Waals surface area contributed by atoms with Crippen LogP contribution < -0.4 is 5.73 Å². The standard InChI is InChI=1S/C8H8F3N.ClH/c9-4-8(12)5-1-2-6(10)7(11)3-5;/h1-3,8H,4,12H2;1H/t8-;/m0./s1. The van der Waals surface area contributed by atoms with E-state index in [-0.39, 0.29) is 18.0 Å². The van der Waals surface area contributed by atoms with Crippen molar-refractivity contribution in [2.75, 3.05) is 6.67 Å². The molecule has 0 aliphatic rings. The highest BCUT2D eigenvalue weighted by atomic mass is 35.5. The molecule has 1 aromatic rings. The van der Waals surface area contributed by atoms with Crippen molar-refractivity contribution in [3.05, 3.63) is 35.4 Å². The molecule has 2 N–H and O–H groups in total. The molecule has 0 saturated carbocycles. The van der Waals surface area contributed by atoms with Crippen molar-refractivity contribution in [1.29, 1.82) is 0 Å². The fourth-order valence-corrected chi connectivity index (χ4v) is 0.832. The van der Waals surface area contributed by atoms with Gasteiger partial charge in [0, 0.05) is 0 Å². The van der Waals surface area contributed by atoms with Gasteiger partial charge in [0.25, 0.3) is 0 Å². The molecule has 0 amide bonds. The van der Waals surface area contributed by atoms with Crippen molar-refractivity contribution in [3.63, 3.8) is 0 Å². The van der Waals surface area contributed by atoms with Gasteiger partial charge >= 0.3 is 0 Å². The number of nitrogens with two attached hydrogens (primary N) is 1. The minimum absolute atomic E-state index is 0. The molecule has 1 nitrogen and oxygen atoms in total. The number of benzene rings is 1. The summed E-state index contributed by atoms with van der Waals surface area (Å²) in [7, 11) is 0. The zero-order valence-corrected chi connectivity index (χ0v) is 7.45. The second-order valence-corrected chi connectivity index (χ2v) is 2.43. The van der Waals surface area contributed by atoms with Crippen LogP contribution in [-0.4, -0.2) is 6.67 Å². The van der Waals surface area contributed by atoms with Gasteiger partial charge in [-0.1, -0.05) is 6.07 Å². The maximum Gasteiger partial charge on any atom is 0.159 e. The summed E-state index contributed by atoms with van der Waals surface area (Å²) in [6, 6.07) is 2.22. The molecular weight excluding hydrogens is 203 g/mol. The predicted molar refractivity (Wildman–Crippen MR) is 46.5 cm³/mol. The van der Waals surface area contributed by atoms with Crippen LogP contribution >= 0.6 is 12.4 Å². The van der Waals surface area contributed by atoms with Crippen LogP contribution in [0.1, 0.15) is 11.6 Å². The van der Waals surface area contributed by atoms with Crippen LogP contribution in [0, 0.1) is 11.6 Å². The highest BCUT2D eigenvalue weighted by Gasteiger charge is 2.08. The summed E-state index contributed by atoms with van der Waals surface area (Å²) >= 11 is 0. The van der Waals surface area contributed by atoms with E-state index in [1.54, 1.807) is 0 Å². The van der Waals surface area contributed by atoms with Gasteiger partial charge in [0.05, 0.1) is 6.04 Å². The van der Waals surface area contributed by atoms with Crippen molar-refractivity contribution in [2.24, 2.45) is 5.73 Å². The molecule has 74 valence electrons. The maximum absolute atomic E-state index is 12.5. The summed E-state index contributed by atoms with van der Waals surface area (Å²) in [6.45, 7) is -0.787. The van der Waals surface area contributed by atoms with Gasteiger partial charge < -0.3 is 5.73 Å². The van der Waals surface area contributed by atoms with E-state index in [0.29, 0.717) is 0 Å². The number of alkyl halides is 1. The predicted octanol–water partition coefficient (Wildman–Crippen LogP) is 2.36. The topological polar surface area (TPSA) is 26.0 Å². The SMILES string of the molecule is Cl.N[C@@H](CF)c1ccc(F)c(F)c1. The molecule has 0 aliphatic heterocycles. The minimum Gasteiger partial charge on any atom is -0.322 e. The molecule has 0 radical (unpaired) electrons. The molecule has 13 heavy (non-hydrogen) atoms. The summed E-state index contributed by atoms with van der Waals surface area (Å²) in [6.07, 6.45) is 0. The van der Waals surface area contributed by atoms with Gasteiger partial charge in [0.2, 0.25) is 0 Å². The first kappa shape index (κ1) is 12.3. The molecule has 0 aromatic heterocycles. The van der Waals surface area contributed by atoms with Gasteiger partial charge in [0.1, 0.15) is 6.67 Å². The van der Waals surface area contributed by atoms with Crippen LogP contribution in [0.5, 0.6) is 0 Å². The van der Waals surface area contributed by atoms with Crippen molar-refractivity contribution in [2.45, 2.75) is 6.04 Å². The average Bonchev–Trinajstić information content (AvgIpc) is 2.08. The molecule has 0 aliphatic carbocycles. The van der Waals surface area contributed by atoms with E-state index in [2.05, 4.69) is 0 Å². The molecular formula is C8H9ClF3N. The van der Waals surface area contributed by atoms with E-state index < -0.39 is 24.4 Å². The van der Waals surface area contributed by atoms with Crippen LogP contribution in [0.3, 0.4) is 0 Å². The third-order valence-electron chi connectivity index (χ3n) is 1.54. The van der Waals surface area contributed by atoms with E-state index in [0.717, 1.165) is 12.1 Å². The van der Waals surface area contributed by atoms with E-state index >= 15 is 0 Å². The highest BCUT2D eigenvalue weighted by molar-refractivity contribution is 5.85. The van der Waals surface area contributed by atoms with E-state index in [1.807, 2.05) is 0 Å². The zero-order valence-electron chi connectivity index (χ0n) is 6.64. The fraction of sp³-hybridized carbons (Fsp3) is 0.250. The minimum atomic E-state index is -1.00. The quantitative estimate of drug-likeness (QED) is 0.799. The lowest BCUT2D eigenvalue weighted by Gasteiger charge is -2.06. The Labute approximate surface area is 80.2 Å².